The fraction of sp³-hybridized carbons (Fsp3) is 0.438. The summed E-state index contributed by atoms with van der Waals surface area (Å²) < 4.78 is 0. The van der Waals surface area contributed by atoms with Gasteiger partial charge >= 0.3 is 0 Å². The van der Waals surface area contributed by atoms with Crippen molar-refractivity contribution in [2.75, 3.05) is 10.6 Å². The highest BCUT2D eigenvalue weighted by Crippen LogP contribution is 2.37. The summed E-state index contributed by atoms with van der Waals surface area (Å²) >= 11 is 0. The second kappa shape index (κ2) is 4.72. The van der Waals surface area contributed by atoms with Gasteiger partial charge in [-0.25, -0.2) is 0 Å². The number of nitrogen functional groups attached to an aromatic ring is 1. The highest BCUT2D eigenvalue weighted by molar-refractivity contribution is 5.98. The van der Waals surface area contributed by atoms with Crippen LogP contribution in [0.1, 0.15) is 33.1 Å². The summed E-state index contributed by atoms with van der Waals surface area (Å²) in [7, 11) is 0. The van der Waals surface area contributed by atoms with Crippen molar-refractivity contribution in [2.45, 2.75) is 45.2 Å². The number of anilines is 2. The molecule has 0 bridgehead atoms. The maximum atomic E-state index is 6.04. The Morgan fingerprint density at radius 1 is 1.32 bits per heavy atom. The molecule has 1 aromatic carbocycles. The number of hydrogen-bond donors (Lipinski definition) is 1. The number of aromatic nitrogens is 1. The van der Waals surface area contributed by atoms with Crippen LogP contribution in [0.5, 0.6) is 0 Å². The van der Waals surface area contributed by atoms with E-state index in [4.69, 9.17) is 5.73 Å². The molecule has 1 aliphatic heterocycles. The van der Waals surface area contributed by atoms with Gasteiger partial charge in [-0.2, -0.15) is 0 Å². The van der Waals surface area contributed by atoms with E-state index in [9.17, 15) is 0 Å². The van der Waals surface area contributed by atoms with Gasteiger partial charge in [0.25, 0.3) is 0 Å². The molecule has 19 heavy (non-hydrogen) atoms. The van der Waals surface area contributed by atoms with Crippen molar-refractivity contribution in [3.8, 4) is 0 Å². The van der Waals surface area contributed by atoms with Crippen molar-refractivity contribution in [1.29, 1.82) is 0 Å². The van der Waals surface area contributed by atoms with Crippen LogP contribution < -0.4 is 10.6 Å². The van der Waals surface area contributed by atoms with Crippen molar-refractivity contribution in [3.63, 3.8) is 0 Å². The van der Waals surface area contributed by atoms with Crippen molar-refractivity contribution in [3.05, 3.63) is 30.5 Å². The lowest BCUT2D eigenvalue weighted by Crippen LogP contribution is -2.34. The topological polar surface area (TPSA) is 42.1 Å². The van der Waals surface area contributed by atoms with Crippen LogP contribution >= 0.6 is 0 Å². The van der Waals surface area contributed by atoms with E-state index >= 15 is 0 Å². The molecule has 0 amide bonds. The van der Waals surface area contributed by atoms with Gasteiger partial charge in [-0.1, -0.05) is 6.92 Å². The van der Waals surface area contributed by atoms with Crippen molar-refractivity contribution >= 4 is 22.3 Å². The van der Waals surface area contributed by atoms with E-state index in [0.717, 1.165) is 11.2 Å². The van der Waals surface area contributed by atoms with Crippen LogP contribution in [0, 0.1) is 0 Å². The van der Waals surface area contributed by atoms with E-state index in [1.165, 1.54) is 30.3 Å². The molecule has 2 N–H and O–H groups in total. The molecule has 1 aliphatic rings. The van der Waals surface area contributed by atoms with Crippen LogP contribution in [0.2, 0.25) is 0 Å². The number of pyridine rings is 1. The highest BCUT2D eigenvalue weighted by atomic mass is 15.2. The fourth-order valence-electron chi connectivity index (χ4n) is 3.31. The minimum absolute atomic E-state index is 0.594. The van der Waals surface area contributed by atoms with Gasteiger partial charge in [0, 0.05) is 29.4 Å². The molecule has 0 radical (unpaired) electrons. The third-order valence-corrected chi connectivity index (χ3v) is 4.31. The van der Waals surface area contributed by atoms with Crippen LogP contribution in [0.4, 0.5) is 11.4 Å². The highest BCUT2D eigenvalue weighted by Gasteiger charge is 2.30. The monoisotopic (exact) mass is 255 g/mol. The normalized spacial score (nSPS) is 23.2. The lowest BCUT2D eigenvalue weighted by Gasteiger charge is -2.31. The summed E-state index contributed by atoms with van der Waals surface area (Å²) in [6.45, 7) is 4.58. The molecule has 3 nitrogen and oxygen atoms in total. The van der Waals surface area contributed by atoms with E-state index in [1.54, 1.807) is 0 Å². The smallest absolute Gasteiger partial charge is 0.0951 e. The zero-order chi connectivity index (χ0) is 13.4. The maximum Gasteiger partial charge on any atom is 0.0951 e. The molecule has 2 aromatic rings. The Morgan fingerprint density at radius 2 is 2.16 bits per heavy atom. The van der Waals surface area contributed by atoms with Crippen molar-refractivity contribution in [1.82, 2.24) is 4.98 Å². The Balaban J connectivity index is 2.17. The summed E-state index contributed by atoms with van der Waals surface area (Å²) in [5.74, 6) is 0. The predicted octanol–water partition coefficient (Wildman–Crippen LogP) is 3.58. The molecule has 3 rings (SSSR count). The van der Waals surface area contributed by atoms with Gasteiger partial charge in [0.1, 0.15) is 0 Å². The summed E-state index contributed by atoms with van der Waals surface area (Å²) in [5, 5.41) is 1.18. The first-order chi connectivity index (χ1) is 9.22. The fourth-order valence-corrected chi connectivity index (χ4v) is 3.31. The first-order valence-electron chi connectivity index (χ1n) is 7.14. The van der Waals surface area contributed by atoms with Crippen LogP contribution in [-0.2, 0) is 0 Å². The Hall–Kier alpha value is -1.77. The van der Waals surface area contributed by atoms with Crippen LogP contribution in [0.25, 0.3) is 10.9 Å². The number of benzene rings is 1. The first kappa shape index (κ1) is 12.3. The van der Waals surface area contributed by atoms with E-state index in [2.05, 4.69) is 35.9 Å². The number of rotatable bonds is 2. The summed E-state index contributed by atoms with van der Waals surface area (Å²) in [4.78, 5) is 7.00. The lowest BCUT2D eigenvalue weighted by molar-refractivity contribution is 0.630. The minimum atomic E-state index is 0.594. The van der Waals surface area contributed by atoms with E-state index < -0.39 is 0 Å². The summed E-state index contributed by atoms with van der Waals surface area (Å²) in [6, 6.07) is 9.50. The Bertz CT molecular complexity index is 594. The zero-order valence-corrected chi connectivity index (χ0v) is 11.6. The number of nitrogens with zero attached hydrogens (tertiary/aromatic N) is 2. The Kier molecular flexibility index (Phi) is 3.05. The van der Waals surface area contributed by atoms with Crippen LogP contribution in [0.3, 0.4) is 0 Å². The molecule has 0 saturated carbocycles. The molecule has 100 valence electrons. The SMILES string of the molecule is CCC1CCC(C)N1c1ccc(N)c2ncccc12. The summed E-state index contributed by atoms with van der Waals surface area (Å²) in [6.07, 6.45) is 5.55. The molecule has 1 fully saturated rings. The zero-order valence-electron chi connectivity index (χ0n) is 11.6. The molecule has 2 unspecified atom stereocenters. The molecular formula is C16H21N3. The maximum absolute atomic E-state index is 6.04. The second-order valence-corrected chi connectivity index (χ2v) is 5.47. The third kappa shape index (κ3) is 1.93. The van der Waals surface area contributed by atoms with Gasteiger partial charge < -0.3 is 10.6 Å². The van der Waals surface area contributed by atoms with Gasteiger partial charge in [0.2, 0.25) is 0 Å². The molecular weight excluding hydrogens is 234 g/mol. The molecule has 1 saturated heterocycles. The Morgan fingerprint density at radius 3 is 2.95 bits per heavy atom. The van der Waals surface area contributed by atoms with Crippen LogP contribution in [0.15, 0.2) is 30.5 Å². The van der Waals surface area contributed by atoms with Gasteiger partial charge in [-0.15, -0.1) is 0 Å². The average Bonchev–Trinajstić information content (AvgIpc) is 2.81. The van der Waals surface area contributed by atoms with E-state index in [1.807, 2.05) is 18.3 Å². The standard InChI is InChI=1S/C16H21N3/c1-3-12-7-6-11(2)19(12)15-9-8-14(17)16-13(15)5-4-10-18-16/h4-5,8-12H,3,6-7,17H2,1-2H3. The summed E-state index contributed by atoms with van der Waals surface area (Å²) in [5.41, 5.74) is 9.02. The number of fused-ring (bicyclic) bond motifs is 1. The minimum Gasteiger partial charge on any atom is -0.397 e. The first-order valence-corrected chi connectivity index (χ1v) is 7.14. The van der Waals surface area contributed by atoms with Crippen LogP contribution in [-0.4, -0.2) is 17.1 Å². The molecule has 1 aromatic heterocycles. The molecule has 3 heteroatoms. The van der Waals surface area contributed by atoms with Crippen molar-refractivity contribution < 1.29 is 0 Å². The predicted molar refractivity (Wildman–Crippen MR) is 81.4 cm³/mol. The van der Waals surface area contributed by atoms with Gasteiger partial charge in [0.05, 0.1) is 11.2 Å². The van der Waals surface area contributed by atoms with E-state index in [-0.39, 0.29) is 0 Å². The molecule has 2 atom stereocenters. The molecule has 0 spiro atoms. The van der Waals surface area contributed by atoms with Gasteiger partial charge in [-0.05, 0) is 50.5 Å². The third-order valence-electron chi connectivity index (χ3n) is 4.31. The van der Waals surface area contributed by atoms with Crippen molar-refractivity contribution in [2.24, 2.45) is 0 Å². The van der Waals surface area contributed by atoms with Gasteiger partial charge in [-0.3, -0.25) is 4.98 Å². The number of hydrogen-bond acceptors (Lipinski definition) is 3. The molecule has 0 aliphatic carbocycles. The number of nitrogens with two attached hydrogens (primary N) is 1. The van der Waals surface area contributed by atoms with E-state index in [0.29, 0.717) is 12.1 Å². The largest absolute Gasteiger partial charge is 0.397 e. The molecule has 2 heterocycles. The quantitative estimate of drug-likeness (QED) is 0.834. The average molecular weight is 255 g/mol. The van der Waals surface area contributed by atoms with Gasteiger partial charge in [0.15, 0.2) is 0 Å². The lowest BCUT2D eigenvalue weighted by atomic mass is 10.1. The second-order valence-electron chi connectivity index (χ2n) is 5.47. The Labute approximate surface area is 114 Å².